The van der Waals surface area contributed by atoms with Crippen LogP contribution >= 0.6 is 0 Å². The molecule has 134 valence electrons. The first-order valence-electron chi connectivity index (χ1n) is 7.55. The van der Waals surface area contributed by atoms with Crippen molar-refractivity contribution < 1.29 is 28.2 Å². The highest BCUT2D eigenvalue weighted by Gasteiger charge is 2.42. The van der Waals surface area contributed by atoms with Gasteiger partial charge < -0.3 is 15.5 Å². The van der Waals surface area contributed by atoms with E-state index in [0.29, 0.717) is 6.07 Å². The first-order valence-corrected chi connectivity index (χ1v) is 7.55. The molecular formula is C17H17F3N2O3. The van der Waals surface area contributed by atoms with Gasteiger partial charge in [-0.2, -0.15) is 0 Å². The monoisotopic (exact) mass is 354 g/mol. The van der Waals surface area contributed by atoms with Gasteiger partial charge in [-0.15, -0.1) is 0 Å². The van der Waals surface area contributed by atoms with Crippen LogP contribution in [-0.2, 0) is 17.0 Å². The SMILES string of the molecule is O=C(NCc1ccc(F)cc1F)[C@](F)(CCCO)c1cccnc1O. The maximum atomic E-state index is 15.4. The lowest BCUT2D eigenvalue weighted by Crippen LogP contribution is -2.41. The number of aromatic nitrogens is 1. The first-order chi connectivity index (χ1) is 11.9. The quantitative estimate of drug-likeness (QED) is 0.713. The van der Waals surface area contributed by atoms with E-state index in [1.807, 2.05) is 0 Å². The fourth-order valence-corrected chi connectivity index (χ4v) is 2.38. The molecule has 1 amide bonds. The van der Waals surface area contributed by atoms with E-state index >= 15 is 4.39 Å². The molecule has 0 radical (unpaired) electrons. The summed E-state index contributed by atoms with van der Waals surface area (Å²) < 4.78 is 41.9. The molecule has 0 unspecified atom stereocenters. The van der Waals surface area contributed by atoms with Crippen molar-refractivity contribution in [1.82, 2.24) is 10.3 Å². The number of hydrogen-bond donors (Lipinski definition) is 3. The number of carbonyl (C=O) groups is 1. The van der Waals surface area contributed by atoms with Crippen LogP contribution in [0.15, 0.2) is 36.5 Å². The predicted molar refractivity (Wildman–Crippen MR) is 83.2 cm³/mol. The van der Waals surface area contributed by atoms with Gasteiger partial charge in [0.2, 0.25) is 11.5 Å². The molecule has 0 aliphatic carbocycles. The zero-order valence-corrected chi connectivity index (χ0v) is 13.2. The summed E-state index contributed by atoms with van der Waals surface area (Å²) in [6, 6.07) is 5.38. The molecule has 2 rings (SSSR count). The molecule has 8 heteroatoms. The van der Waals surface area contributed by atoms with Crippen molar-refractivity contribution in [3.8, 4) is 5.88 Å². The molecule has 25 heavy (non-hydrogen) atoms. The molecule has 5 nitrogen and oxygen atoms in total. The Balaban J connectivity index is 2.22. The van der Waals surface area contributed by atoms with Crippen molar-refractivity contribution in [3.05, 3.63) is 59.3 Å². The number of aliphatic hydroxyl groups excluding tert-OH is 1. The van der Waals surface area contributed by atoms with E-state index < -0.39 is 35.5 Å². The Kier molecular flexibility index (Phi) is 5.97. The Labute approximate surface area is 142 Å². The lowest BCUT2D eigenvalue weighted by atomic mass is 9.90. The normalized spacial score (nSPS) is 13.3. The molecule has 0 saturated heterocycles. The number of hydrogen-bond acceptors (Lipinski definition) is 4. The number of amides is 1. The zero-order valence-electron chi connectivity index (χ0n) is 13.2. The van der Waals surface area contributed by atoms with Gasteiger partial charge in [0.25, 0.3) is 5.91 Å². The average molecular weight is 354 g/mol. The topological polar surface area (TPSA) is 82.5 Å². The Morgan fingerprint density at radius 1 is 1.28 bits per heavy atom. The third kappa shape index (κ3) is 4.27. The van der Waals surface area contributed by atoms with Crippen LogP contribution < -0.4 is 5.32 Å². The van der Waals surface area contributed by atoms with Gasteiger partial charge in [0, 0.05) is 31.0 Å². The minimum Gasteiger partial charge on any atom is -0.493 e. The van der Waals surface area contributed by atoms with Gasteiger partial charge in [-0.1, -0.05) is 6.07 Å². The molecule has 1 aromatic carbocycles. The van der Waals surface area contributed by atoms with Crippen molar-refractivity contribution in [2.45, 2.75) is 25.1 Å². The maximum Gasteiger partial charge on any atom is 0.262 e. The van der Waals surface area contributed by atoms with Crippen LogP contribution in [0.25, 0.3) is 0 Å². The number of alkyl halides is 1. The molecule has 0 spiro atoms. The second kappa shape index (κ2) is 7.98. The smallest absolute Gasteiger partial charge is 0.262 e. The number of nitrogens with one attached hydrogen (secondary N) is 1. The van der Waals surface area contributed by atoms with E-state index in [4.69, 9.17) is 5.11 Å². The summed E-state index contributed by atoms with van der Waals surface area (Å²) in [5, 5.41) is 20.9. The van der Waals surface area contributed by atoms with E-state index in [9.17, 15) is 18.7 Å². The van der Waals surface area contributed by atoms with Crippen molar-refractivity contribution in [3.63, 3.8) is 0 Å². The highest BCUT2D eigenvalue weighted by molar-refractivity contribution is 5.87. The van der Waals surface area contributed by atoms with E-state index in [0.717, 1.165) is 12.1 Å². The van der Waals surface area contributed by atoms with Crippen LogP contribution in [-0.4, -0.2) is 27.7 Å². The van der Waals surface area contributed by atoms with Crippen LogP contribution in [0.4, 0.5) is 13.2 Å². The molecule has 1 aromatic heterocycles. The largest absolute Gasteiger partial charge is 0.493 e. The van der Waals surface area contributed by atoms with Crippen LogP contribution in [0.5, 0.6) is 5.88 Å². The molecule has 0 aliphatic heterocycles. The molecular weight excluding hydrogens is 337 g/mol. The van der Waals surface area contributed by atoms with Crippen LogP contribution in [0, 0.1) is 11.6 Å². The number of benzene rings is 1. The number of pyridine rings is 1. The predicted octanol–water partition coefficient (Wildman–Crippen LogP) is 2.32. The molecule has 1 heterocycles. The van der Waals surface area contributed by atoms with Crippen LogP contribution in [0.2, 0.25) is 0 Å². The number of carbonyl (C=O) groups excluding carboxylic acids is 1. The third-order valence-corrected chi connectivity index (χ3v) is 3.71. The highest BCUT2D eigenvalue weighted by atomic mass is 19.1. The molecule has 3 N–H and O–H groups in total. The lowest BCUT2D eigenvalue weighted by Gasteiger charge is -2.25. The van der Waals surface area contributed by atoms with E-state index in [2.05, 4.69) is 10.3 Å². The molecule has 0 bridgehead atoms. The van der Waals surface area contributed by atoms with Gasteiger partial charge in [0.1, 0.15) is 11.6 Å². The Bertz CT molecular complexity index is 758. The van der Waals surface area contributed by atoms with Gasteiger partial charge in [0.05, 0.1) is 5.56 Å². The number of aromatic hydroxyl groups is 1. The number of aliphatic hydroxyl groups is 1. The summed E-state index contributed by atoms with van der Waals surface area (Å²) in [6.45, 7) is -0.719. The molecule has 0 fully saturated rings. The fraction of sp³-hybridized carbons (Fsp3) is 0.294. The maximum absolute atomic E-state index is 15.4. The minimum absolute atomic E-state index is 0.0188. The summed E-state index contributed by atoms with van der Waals surface area (Å²) >= 11 is 0. The van der Waals surface area contributed by atoms with Crippen molar-refractivity contribution in [2.24, 2.45) is 0 Å². The van der Waals surface area contributed by atoms with Gasteiger partial charge in [-0.25, -0.2) is 18.2 Å². The van der Waals surface area contributed by atoms with Gasteiger partial charge in [0.15, 0.2) is 0 Å². The van der Waals surface area contributed by atoms with Crippen LogP contribution in [0.1, 0.15) is 24.0 Å². The van der Waals surface area contributed by atoms with Gasteiger partial charge >= 0.3 is 0 Å². The first kappa shape index (κ1) is 18.7. The lowest BCUT2D eigenvalue weighted by molar-refractivity contribution is -0.134. The highest BCUT2D eigenvalue weighted by Crippen LogP contribution is 2.36. The summed E-state index contributed by atoms with van der Waals surface area (Å²) in [7, 11) is 0. The number of rotatable bonds is 7. The number of nitrogens with zero attached hydrogens (tertiary/aromatic N) is 1. The Morgan fingerprint density at radius 3 is 2.68 bits per heavy atom. The molecule has 0 saturated carbocycles. The van der Waals surface area contributed by atoms with Gasteiger partial charge in [-0.3, -0.25) is 4.79 Å². The minimum atomic E-state index is -2.66. The average Bonchev–Trinajstić information content (AvgIpc) is 2.59. The molecule has 1 atom stereocenters. The van der Waals surface area contributed by atoms with E-state index in [1.165, 1.54) is 18.3 Å². The summed E-state index contributed by atoms with van der Waals surface area (Å²) in [6.07, 6.45) is 0.792. The van der Waals surface area contributed by atoms with Crippen molar-refractivity contribution in [1.29, 1.82) is 0 Å². The fourth-order valence-electron chi connectivity index (χ4n) is 2.38. The van der Waals surface area contributed by atoms with Crippen molar-refractivity contribution in [2.75, 3.05) is 6.61 Å². The van der Waals surface area contributed by atoms with Gasteiger partial charge in [-0.05, 0) is 31.0 Å². The third-order valence-electron chi connectivity index (χ3n) is 3.71. The second-order valence-electron chi connectivity index (χ2n) is 5.42. The van der Waals surface area contributed by atoms with E-state index in [1.54, 1.807) is 0 Å². The Morgan fingerprint density at radius 2 is 2.04 bits per heavy atom. The van der Waals surface area contributed by atoms with Crippen LogP contribution in [0.3, 0.4) is 0 Å². The Hall–Kier alpha value is -2.61. The summed E-state index contributed by atoms with van der Waals surface area (Å²) in [4.78, 5) is 15.9. The second-order valence-corrected chi connectivity index (χ2v) is 5.42. The summed E-state index contributed by atoms with van der Waals surface area (Å²) in [5.41, 5.74) is -3.02. The summed E-state index contributed by atoms with van der Waals surface area (Å²) in [5.74, 6) is -3.40. The number of halogens is 3. The molecule has 0 aliphatic rings. The zero-order chi connectivity index (χ0) is 18.4. The molecule has 2 aromatic rings. The van der Waals surface area contributed by atoms with E-state index in [-0.39, 0.29) is 30.7 Å². The van der Waals surface area contributed by atoms with Crippen molar-refractivity contribution >= 4 is 5.91 Å². The standard InChI is InChI=1S/C17H17F3N2O3/c18-12-5-4-11(14(19)9-12)10-22-16(25)17(20,6-2-8-23)13-3-1-7-21-15(13)24/h1,3-5,7,9,23H,2,6,8,10H2,(H,21,24)(H,22,25)/t17-/m0/s1.